The molecule has 37 heavy (non-hydrogen) atoms. The third-order valence-corrected chi connectivity index (χ3v) is 8.08. The molecule has 0 amide bonds. The van der Waals surface area contributed by atoms with Crippen LogP contribution in [0.4, 0.5) is 4.39 Å². The predicted octanol–water partition coefficient (Wildman–Crippen LogP) is 8.50. The van der Waals surface area contributed by atoms with E-state index in [2.05, 4.69) is 56.3 Å². The summed E-state index contributed by atoms with van der Waals surface area (Å²) in [6, 6.07) is 27.9. The molecule has 0 spiro atoms. The molecule has 0 fully saturated rings. The van der Waals surface area contributed by atoms with E-state index in [9.17, 15) is 0 Å². The topological polar surface area (TPSA) is 17.0 Å². The number of benzene rings is 4. The lowest BCUT2D eigenvalue weighted by molar-refractivity contribution is -0.660. The first-order chi connectivity index (χ1) is 18.3. The van der Waals surface area contributed by atoms with Crippen molar-refractivity contribution in [3.63, 3.8) is 0 Å². The fraction of sp³-hybridized carbons (Fsp3) is 0.147. The zero-order chi connectivity index (χ0) is 26.3. The number of aryl methyl sites for hydroxylation is 1. The van der Waals surface area contributed by atoms with Crippen molar-refractivity contribution in [1.29, 1.82) is 0 Å². The lowest BCUT2D eigenvalue weighted by Crippen LogP contribution is -2.30. The third-order valence-electron chi connectivity index (χ3n) is 8.08. The molecule has 0 aliphatic heterocycles. The zero-order valence-electron chi connectivity index (χ0n) is 22.3. The molecule has 0 saturated heterocycles. The van der Waals surface area contributed by atoms with Gasteiger partial charge >= 0.3 is 0 Å². The van der Waals surface area contributed by atoms with Crippen molar-refractivity contribution in [2.45, 2.75) is 26.2 Å². The average Bonchev–Trinajstić information content (AvgIpc) is 3.38. The number of rotatable bonds is 2. The highest BCUT2D eigenvalue weighted by Crippen LogP contribution is 2.50. The van der Waals surface area contributed by atoms with E-state index in [0.717, 1.165) is 38.7 Å². The van der Waals surface area contributed by atoms with Gasteiger partial charge in [-0.15, -0.1) is 0 Å². The smallest absolute Gasteiger partial charge is 0.216 e. The molecular weight excluding hydrogens is 457 g/mol. The number of hydrogen-bond acceptors (Lipinski definition) is 1. The van der Waals surface area contributed by atoms with Crippen LogP contribution in [0, 0.1) is 12.7 Å². The Morgan fingerprint density at radius 2 is 1.49 bits per heavy atom. The molecule has 0 bridgehead atoms. The average molecular weight is 486 g/mol. The van der Waals surface area contributed by atoms with E-state index in [4.69, 9.17) is 5.79 Å². The van der Waals surface area contributed by atoms with Crippen LogP contribution in [0.15, 0.2) is 95.5 Å². The van der Waals surface area contributed by atoms with E-state index < -0.39 is 0 Å². The van der Waals surface area contributed by atoms with Gasteiger partial charge in [-0.05, 0) is 64.6 Å². The summed E-state index contributed by atoms with van der Waals surface area (Å²) < 4.78 is 32.4. The van der Waals surface area contributed by atoms with Crippen LogP contribution in [0.25, 0.3) is 55.4 Å². The van der Waals surface area contributed by atoms with Gasteiger partial charge in [0.2, 0.25) is 5.69 Å². The van der Waals surface area contributed by atoms with E-state index in [0.29, 0.717) is 22.9 Å². The minimum Gasteiger partial charge on any atom is -0.454 e. The van der Waals surface area contributed by atoms with Crippen molar-refractivity contribution in [2.75, 3.05) is 0 Å². The Morgan fingerprint density at radius 3 is 2.32 bits per heavy atom. The molecule has 0 unspecified atom stereocenters. The molecule has 4 aromatic carbocycles. The SMILES string of the molecule is [2H]c1cccc(-c2c(C)ccc3c2oc2c(-c4ccc5c(c4)-c4ccccc4C5(C)C)c(F)ccc23)[n+]1C. The molecular formula is C34H27FNO+. The van der Waals surface area contributed by atoms with Gasteiger partial charge in [0.1, 0.15) is 25.4 Å². The molecule has 7 rings (SSSR count). The van der Waals surface area contributed by atoms with Crippen molar-refractivity contribution < 1.29 is 14.7 Å². The minimum atomic E-state index is -0.306. The molecule has 6 aromatic rings. The van der Waals surface area contributed by atoms with Crippen LogP contribution in [-0.2, 0) is 12.5 Å². The van der Waals surface area contributed by atoms with Gasteiger partial charge in [0, 0.05) is 28.3 Å². The molecule has 2 heterocycles. The van der Waals surface area contributed by atoms with Crippen LogP contribution < -0.4 is 4.57 Å². The molecule has 0 N–H and O–H groups in total. The third kappa shape index (κ3) is 3.00. The van der Waals surface area contributed by atoms with Crippen molar-refractivity contribution in [1.82, 2.24) is 0 Å². The maximum atomic E-state index is 15.7. The second-order valence-electron chi connectivity index (χ2n) is 10.6. The van der Waals surface area contributed by atoms with E-state index in [1.807, 2.05) is 48.9 Å². The molecule has 1 aliphatic carbocycles. The Labute approximate surface area is 217 Å². The number of aromatic nitrogens is 1. The summed E-state index contributed by atoms with van der Waals surface area (Å²) in [6.07, 6.45) is 0.406. The fourth-order valence-corrected chi connectivity index (χ4v) is 6.17. The maximum Gasteiger partial charge on any atom is 0.216 e. The number of nitrogens with zero attached hydrogens (tertiary/aromatic N) is 1. The van der Waals surface area contributed by atoms with Gasteiger partial charge in [0.05, 0.1) is 11.1 Å². The number of halogens is 1. The highest BCUT2D eigenvalue weighted by molar-refractivity contribution is 6.13. The molecule has 2 aromatic heterocycles. The fourth-order valence-electron chi connectivity index (χ4n) is 6.17. The quantitative estimate of drug-likeness (QED) is 0.225. The first kappa shape index (κ1) is 20.9. The summed E-state index contributed by atoms with van der Waals surface area (Å²) >= 11 is 0. The summed E-state index contributed by atoms with van der Waals surface area (Å²) in [5, 5.41) is 1.81. The number of hydrogen-bond donors (Lipinski definition) is 0. The van der Waals surface area contributed by atoms with Gasteiger partial charge in [-0.3, -0.25) is 0 Å². The maximum absolute atomic E-state index is 15.7. The summed E-state index contributed by atoms with van der Waals surface area (Å²) in [4.78, 5) is 0. The number of furan rings is 1. The second-order valence-corrected chi connectivity index (χ2v) is 10.6. The monoisotopic (exact) mass is 485 g/mol. The van der Waals surface area contributed by atoms with Gasteiger partial charge in [-0.25, -0.2) is 8.96 Å². The Morgan fingerprint density at radius 1 is 0.784 bits per heavy atom. The van der Waals surface area contributed by atoms with Crippen molar-refractivity contribution in [3.05, 3.63) is 114 Å². The molecule has 3 heteroatoms. The Hall–Kier alpha value is -4.24. The van der Waals surface area contributed by atoms with E-state index >= 15 is 4.39 Å². The van der Waals surface area contributed by atoms with Crippen LogP contribution in [0.2, 0.25) is 0 Å². The van der Waals surface area contributed by atoms with Gasteiger partial charge in [0.15, 0.2) is 6.17 Å². The Kier molecular flexibility index (Phi) is 4.31. The standard InChI is InChI=1S/C34H27FNO/c1-20-12-14-23-24-15-17-28(35)31(33(24)37-32(23)30(20)29-11-7-8-18-36(29)4)21-13-16-27-25(19-21)22-9-5-6-10-26(22)34(27,2)3/h5-19H,1-4H3/q+1/i18D. The van der Waals surface area contributed by atoms with E-state index in [1.165, 1.54) is 16.7 Å². The Bertz CT molecular complexity index is 1950. The van der Waals surface area contributed by atoms with Crippen LogP contribution in [-0.4, -0.2) is 0 Å². The normalized spacial score (nSPS) is 14.1. The van der Waals surface area contributed by atoms with Crippen molar-refractivity contribution in [2.24, 2.45) is 7.05 Å². The molecule has 180 valence electrons. The van der Waals surface area contributed by atoms with Gasteiger partial charge < -0.3 is 4.42 Å². The summed E-state index contributed by atoms with van der Waals surface area (Å²) in [7, 11) is 1.88. The first-order valence-corrected chi connectivity index (χ1v) is 12.6. The van der Waals surface area contributed by atoms with Crippen molar-refractivity contribution >= 4 is 21.9 Å². The van der Waals surface area contributed by atoms with E-state index in [1.54, 1.807) is 12.1 Å². The second kappa shape index (κ2) is 7.63. The highest BCUT2D eigenvalue weighted by Gasteiger charge is 2.35. The summed E-state index contributed by atoms with van der Waals surface area (Å²) in [5.74, 6) is -0.306. The molecule has 2 nitrogen and oxygen atoms in total. The van der Waals surface area contributed by atoms with E-state index in [-0.39, 0.29) is 11.2 Å². The summed E-state index contributed by atoms with van der Waals surface area (Å²) in [5.41, 5.74) is 10.2. The Balaban J connectivity index is 1.52. The molecule has 0 radical (unpaired) electrons. The van der Waals surface area contributed by atoms with Crippen LogP contribution in [0.5, 0.6) is 0 Å². The van der Waals surface area contributed by atoms with Crippen LogP contribution >= 0.6 is 0 Å². The largest absolute Gasteiger partial charge is 0.454 e. The van der Waals surface area contributed by atoms with Gasteiger partial charge in [-0.1, -0.05) is 62.4 Å². The molecule has 0 atom stereocenters. The number of pyridine rings is 1. The lowest BCUT2D eigenvalue weighted by atomic mass is 9.82. The minimum absolute atomic E-state index is 0.108. The highest BCUT2D eigenvalue weighted by atomic mass is 19.1. The molecule has 0 saturated carbocycles. The van der Waals surface area contributed by atoms with Crippen molar-refractivity contribution in [3.8, 4) is 33.5 Å². The van der Waals surface area contributed by atoms with Crippen LogP contribution in [0.1, 0.15) is 31.9 Å². The van der Waals surface area contributed by atoms with Crippen LogP contribution in [0.3, 0.4) is 0 Å². The summed E-state index contributed by atoms with van der Waals surface area (Å²) in [6.45, 7) is 6.53. The number of fused-ring (bicyclic) bond motifs is 6. The lowest BCUT2D eigenvalue weighted by Gasteiger charge is -2.21. The van der Waals surface area contributed by atoms with Gasteiger partial charge in [-0.2, -0.15) is 0 Å². The zero-order valence-corrected chi connectivity index (χ0v) is 21.3. The van der Waals surface area contributed by atoms with Gasteiger partial charge in [0.25, 0.3) is 0 Å². The predicted molar refractivity (Wildman–Crippen MR) is 148 cm³/mol. The molecule has 1 aliphatic rings. The first-order valence-electron chi connectivity index (χ1n) is 13.1.